The van der Waals surface area contributed by atoms with Crippen LogP contribution in [0.1, 0.15) is 30.4 Å². The molecular weight excluding hydrogens is 331 g/mol. The summed E-state index contributed by atoms with van der Waals surface area (Å²) in [7, 11) is 0. The SMILES string of the molecule is CC1CC2(COC(=O)N2)C(c2cccc(F)c2)CN1Cc1ccccc1. The Labute approximate surface area is 153 Å². The number of ether oxygens (including phenoxy) is 1. The van der Waals surface area contributed by atoms with Gasteiger partial charge in [0.1, 0.15) is 12.4 Å². The van der Waals surface area contributed by atoms with Crippen LogP contribution in [0.25, 0.3) is 0 Å². The van der Waals surface area contributed by atoms with Crippen molar-refractivity contribution < 1.29 is 13.9 Å². The second kappa shape index (κ2) is 6.72. The molecule has 0 saturated carbocycles. The number of nitrogens with zero attached hydrogens (tertiary/aromatic N) is 1. The molecule has 136 valence electrons. The van der Waals surface area contributed by atoms with Gasteiger partial charge < -0.3 is 10.1 Å². The van der Waals surface area contributed by atoms with E-state index in [1.807, 2.05) is 24.3 Å². The van der Waals surface area contributed by atoms with E-state index in [0.717, 1.165) is 25.1 Å². The van der Waals surface area contributed by atoms with E-state index >= 15 is 0 Å². The lowest BCUT2D eigenvalue weighted by Gasteiger charge is -2.48. The van der Waals surface area contributed by atoms with Gasteiger partial charge in [-0.05, 0) is 36.6 Å². The Bertz CT molecular complexity index is 798. The summed E-state index contributed by atoms with van der Waals surface area (Å²) in [6.45, 7) is 4.08. The number of rotatable bonds is 3. The molecule has 3 unspecified atom stereocenters. The molecule has 1 N–H and O–H groups in total. The molecule has 0 aliphatic carbocycles. The van der Waals surface area contributed by atoms with Gasteiger partial charge in [-0.2, -0.15) is 0 Å². The molecule has 2 saturated heterocycles. The minimum absolute atomic E-state index is 0.0236. The Morgan fingerprint density at radius 1 is 1.23 bits per heavy atom. The molecule has 2 aromatic carbocycles. The van der Waals surface area contributed by atoms with Crippen molar-refractivity contribution in [1.82, 2.24) is 10.2 Å². The van der Waals surface area contributed by atoms with Crippen LogP contribution in [-0.2, 0) is 11.3 Å². The first-order chi connectivity index (χ1) is 12.6. The minimum atomic E-state index is -0.475. The number of amides is 1. The van der Waals surface area contributed by atoms with Crippen molar-refractivity contribution in [2.24, 2.45) is 0 Å². The van der Waals surface area contributed by atoms with Crippen molar-refractivity contribution in [3.63, 3.8) is 0 Å². The number of hydrogen-bond donors (Lipinski definition) is 1. The summed E-state index contributed by atoms with van der Waals surface area (Å²) in [5, 5.41) is 3.04. The van der Waals surface area contributed by atoms with Gasteiger partial charge in [-0.3, -0.25) is 4.90 Å². The smallest absolute Gasteiger partial charge is 0.407 e. The zero-order valence-corrected chi connectivity index (χ0v) is 14.8. The number of nitrogens with one attached hydrogen (secondary N) is 1. The Hall–Kier alpha value is -2.40. The molecule has 2 aromatic rings. The van der Waals surface area contributed by atoms with Crippen molar-refractivity contribution in [3.05, 3.63) is 71.5 Å². The maximum absolute atomic E-state index is 13.9. The zero-order valence-electron chi connectivity index (χ0n) is 14.8. The highest BCUT2D eigenvalue weighted by atomic mass is 19.1. The van der Waals surface area contributed by atoms with Crippen molar-refractivity contribution in [2.75, 3.05) is 13.2 Å². The fourth-order valence-corrected chi connectivity index (χ4v) is 4.34. The third kappa shape index (κ3) is 3.19. The zero-order chi connectivity index (χ0) is 18.1. The molecule has 2 fully saturated rings. The standard InChI is InChI=1S/C21H23FN2O2/c1-15-11-21(14-26-20(25)23-21)19(17-8-5-9-18(22)10-17)13-24(15)12-16-6-3-2-4-7-16/h2-10,15,19H,11-14H2,1H3,(H,23,25). The predicted molar refractivity (Wildman–Crippen MR) is 97.3 cm³/mol. The summed E-state index contributed by atoms with van der Waals surface area (Å²) in [6.07, 6.45) is 0.391. The Kier molecular flexibility index (Phi) is 4.41. The van der Waals surface area contributed by atoms with Crippen LogP contribution >= 0.6 is 0 Å². The first kappa shape index (κ1) is 17.0. The number of likely N-dealkylation sites (tertiary alicyclic amines) is 1. The first-order valence-corrected chi connectivity index (χ1v) is 9.04. The molecule has 5 heteroatoms. The number of piperidine rings is 1. The Balaban J connectivity index is 1.65. The van der Waals surface area contributed by atoms with Gasteiger partial charge in [0.05, 0.1) is 5.54 Å². The lowest BCUT2D eigenvalue weighted by atomic mass is 9.72. The largest absolute Gasteiger partial charge is 0.447 e. The Morgan fingerprint density at radius 3 is 2.73 bits per heavy atom. The van der Waals surface area contributed by atoms with Crippen molar-refractivity contribution >= 4 is 6.09 Å². The van der Waals surface area contributed by atoms with E-state index in [1.54, 1.807) is 12.1 Å². The van der Waals surface area contributed by atoms with E-state index in [4.69, 9.17) is 4.74 Å². The van der Waals surface area contributed by atoms with E-state index in [1.165, 1.54) is 11.6 Å². The number of halogens is 1. The second-order valence-corrected chi connectivity index (χ2v) is 7.43. The van der Waals surface area contributed by atoms with Crippen LogP contribution in [0.4, 0.5) is 9.18 Å². The molecular formula is C21H23FN2O2. The van der Waals surface area contributed by atoms with Gasteiger partial charge in [0.15, 0.2) is 0 Å². The van der Waals surface area contributed by atoms with Crippen LogP contribution in [0.5, 0.6) is 0 Å². The summed E-state index contributed by atoms with van der Waals surface area (Å²) < 4.78 is 19.1. The lowest BCUT2D eigenvalue weighted by molar-refractivity contribution is 0.0593. The van der Waals surface area contributed by atoms with Gasteiger partial charge in [0, 0.05) is 25.0 Å². The van der Waals surface area contributed by atoms with Gasteiger partial charge >= 0.3 is 6.09 Å². The lowest BCUT2D eigenvalue weighted by Crippen LogP contribution is -2.60. The normalized spacial score (nSPS) is 28.8. The van der Waals surface area contributed by atoms with Crippen molar-refractivity contribution in [2.45, 2.75) is 37.4 Å². The summed E-state index contributed by atoms with van der Waals surface area (Å²) in [4.78, 5) is 14.2. The molecule has 2 aliphatic heterocycles. The molecule has 1 spiro atoms. The van der Waals surface area contributed by atoms with E-state index < -0.39 is 5.54 Å². The Morgan fingerprint density at radius 2 is 2.04 bits per heavy atom. The minimum Gasteiger partial charge on any atom is -0.447 e. The highest BCUT2D eigenvalue weighted by Crippen LogP contribution is 2.41. The fraction of sp³-hybridized carbons (Fsp3) is 0.381. The van der Waals surface area contributed by atoms with Gasteiger partial charge in [0.25, 0.3) is 0 Å². The van der Waals surface area contributed by atoms with Crippen LogP contribution in [0, 0.1) is 5.82 Å². The third-order valence-electron chi connectivity index (χ3n) is 5.66. The molecule has 26 heavy (non-hydrogen) atoms. The van der Waals surface area contributed by atoms with Gasteiger partial charge in [-0.1, -0.05) is 42.5 Å². The van der Waals surface area contributed by atoms with E-state index in [0.29, 0.717) is 6.61 Å². The van der Waals surface area contributed by atoms with E-state index in [9.17, 15) is 9.18 Å². The average molecular weight is 354 g/mol. The van der Waals surface area contributed by atoms with Gasteiger partial charge in [-0.25, -0.2) is 9.18 Å². The maximum atomic E-state index is 13.9. The van der Waals surface area contributed by atoms with Crippen LogP contribution in [0.15, 0.2) is 54.6 Å². The highest BCUT2D eigenvalue weighted by molar-refractivity contribution is 5.71. The fourth-order valence-electron chi connectivity index (χ4n) is 4.34. The molecule has 0 aromatic heterocycles. The molecule has 2 heterocycles. The molecule has 4 nitrogen and oxygen atoms in total. The predicted octanol–water partition coefficient (Wildman–Crippen LogP) is 3.68. The van der Waals surface area contributed by atoms with E-state index in [-0.39, 0.29) is 23.9 Å². The summed E-state index contributed by atoms with van der Waals surface area (Å²) >= 11 is 0. The highest BCUT2D eigenvalue weighted by Gasteiger charge is 2.51. The van der Waals surface area contributed by atoms with Crippen molar-refractivity contribution in [1.29, 1.82) is 0 Å². The number of alkyl carbamates (subject to hydrolysis) is 1. The van der Waals surface area contributed by atoms with E-state index in [2.05, 4.69) is 29.3 Å². The van der Waals surface area contributed by atoms with Gasteiger partial charge in [0.2, 0.25) is 0 Å². The molecule has 0 bridgehead atoms. The second-order valence-electron chi connectivity index (χ2n) is 7.43. The maximum Gasteiger partial charge on any atom is 0.407 e. The molecule has 4 rings (SSSR count). The number of carbonyl (C=O) groups excluding carboxylic acids is 1. The molecule has 2 aliphatic rings. The monoisotopic (exact) mass is 354 g/mol. The summed E-state index contributed by atoms with van der Waals surface area (Å²) in [5.41, 5.74) is 1.68. The van der Waals surface area contributed by atoms with Crippen LogP contribution in [0.2, 0.25) is 0 Å². The quantitative estimate of drug-likeness (QED) is 0.914. The van der Waals surface area contributed by atoms with Crippen LogP contribution in [-0.4, -0.2) is 35.7 Å². The average Bonchev–Trinajstić information content (AvgIpc) is 2.99. The third-order valence-corrected chi connectivity index (χ3v) is 5.66. The van der Waals surface area contributed by atoms with Gasteiger partial charge in [-0.15, -0.1) is 0 Å². The summed E-state index contributed by atoms with van der Waals surface area (Å²) in [5.74, 6) is -0.277. The first-order valence-electron chi connectivity index (χ1n) is 9.04. The van der Waals surface area contributed by atoms with Crippen LogP contribution in [0.3, 0.4) is 0 Å². The number of cyclic esters (lactones) is 1. The van der Waals surface area contributed by atoms with Crippen LogP contribution < -0.4 is 5.32 Å². The van der Waals surface area contributed by atoms with Crippen molar-refractivity contribution in [3.8, 4) is 0 Å². The molecule has 1 amide bonds. The molecule has 3 atom stereocenters. The number of hydrogen-bond acceptors (Lipinski definition) is 3. The number of benzene rings is 2. The summed E-state index contributed by atoms with van der Waals surface area (Å²) in [6, 6.07) is 17.3. The number of carbonyl (C=O) groups is 1. The topological polar surface area (TPSA) is 41.6 Å². The molecule has 0 radical (unpaired) electrons.